The zero-order valence-electron chi connectivity index (χ0n) is 7.70. The van der Waals surface area contributed by atoms with Crippen LogP contribution in [0.1, 0.15) is 24.5 Å². The molecule has 0 aromatic heterocycles. The lowest BCUT2D eigenvalue weighted by Crippen LogP contribution is -2.07. The molecule has 0 amide bonds. The van der Waals surface area contributed by atoms with Crippen LogP contribution in [-0.2, 0) is 4.74 Å². The Kier molecular flexibility index (Phi) is 2.59. The van der Waals surface area contributed by atoms with Crippen LogP contribution in [0.15, 0.2) is 29.1 Å². The second-order valence-corrected chi connectivity index (χ2v) is 3.35. The average molecular weight is 194 g/mol. The predicted molar refractivity (Wildman–Crippen MR) is 50.6 cm³/mol. The molecular weight excluding hydrogens is 183 g/mol. The molecule has 1 aromatic rings. The van der Waals surface area contributed by atoms with Crippen LogP contribution >= 0.6 is 0 Å². The van der Waals surface area contributed by atoms with E-state index in [0.717, 1.165) is 12.8 Å². The van der Waals surface area contributed by atoms with E-state index in [-0.39, 0.29) is 6.10 Å². The molecule has 0 spiro atoms. The normalized spacial score (nSPS) is 21.1. The third-order valence-electron chi connectivity index (χ3n) is 2.38. The highest BCUT2D eigenvalue weighted by molar-refractivity contribution is 5.19. The van der Waals surface area contributed by atoms with Crippen LogP contribution in [-0.4, -0.2) is 6.61 Å². The Hall–Kier alpha value is -1.22. The van der Waals surface area contributed by atoms with E-state index in [1.165, 1.54) is 6.07 Å². The van der Waals surface area contributed by atoms with Crippen molar-refractivity contribution in [1.29, 1.82) is 0 Å². The van der Waals surface area contributed by atoms with E-state index >= 15 is 0 Å². The molecule has 3 heteroatoms. The van der Waals surface area contributed by atoms with Gasteiger partial charge in [0.05, 0.1) is 6.10 Å². The largest absolute Gasteiger partial charge is 0.373 e. The zero-order chi connectivity index (χ0) is 9.97. The summed E-state index contributed by atoms with van der Waals surface area (Å²) in [6, 6.07) is 6.06. The summed E-state index contributed by atoms with van der Waals surface area (Å²) in [6.07, 6.45) is 1.48. The molecule has 14 heavy (non-hydrogen) atoms. The highest BCUT2D eigenvalue weighted by Crippen LogP contribution is 2.28. The first-order chi connectivity index (χ1) is 6.79. The highest BCUT2D eigenvalue weighted by atomic mass is 19.1. The van der Waals surface area contributed by atoms with E-state index < -0.39 is 11.2 Å². The lowest BCUT2D eigenvalue weighted by molar-refractivity contribution is 0.109. The van der Waals surface area contributed by atoms with Crippen LogP contribution in [0.5, 0.6) is 0 Å². The van der Waals surface area contributed by atoms with Crippen molar-refractivity contribution < 1.29 is 9.13 Å². The second-order valence-electron chi connectivity index (χ2n) is 3.35. The van der Waals surface area contributed by atoms with E-state index in [1.54, 1.807) is 18.2 Å². The molecule has 1 heterocycles. The summed E-state index contributed by atoms with van der Waals surface area (Å²) >= 11 is 0. The number of ether oxygens (including phenoxy) is 1. The molecule has 1 unspecified atom stereocenters. The van der Waals surface area contributed by atoms with Crippen molar-refractivity contribution in [1.82, 2.24) is 0 Å². The fourth-order valence-electron chi connectivity index (χ4n) is 1.66. The van der Waals surface area contributed by atoms with Gasteiger partial charge in [0.1, 0.15) is 0 Å². The lowest BCUT2D eigenvalue weighted by Gasteiger charge is -2.07. The topological polar surface area (TPSA) is 26.3 Å². The quantitative estimate of drug-likeness (QED) is 0.683. The molecule has 1 aliphatic heterocycles. The van der Waals surface area contributed by atoms with Gasteiger partial charge < -0.3 is 4.74 Å². The molecule has 1 fully saturated rings. The lowest BCUT2D eigenvalue weighted by atomic mass is 10.1. The van der Waals surface area contributed by atoms with Crippen molar-refractivity contribution in [2.75, 3.05) is 6.61 Å². The summed E-state index contributed by atoms with van der Waals surface area (Å²) in [5.74, 6) is -0.679. The average Bonchev–Trinajstić information content (AvgIpc) is 2.64. The van der Waals surface area contributed by atoms with E-state index in [1.807, 2.05) is 0 Å². The van der Waals surface area contributed by atoms with Gasteiger partial charge in [0.15, 0.2) is 5.82 Å². The highest BCUT2D eigenvalue weighted by Gasteiger charge is 2.21. The molecule has 2 nitrogen and oxygen atoms in total. The van der Waals surface area contributed by atoms with Gasteiger partial charge in [-0.1, -0.05) is 18.2 Å². The van der Waals surface area contributed by atoms with Crippen LogP contribution in [0.4, 0.5) is 4.39 Å². The summed E-state index contributed by atoms with van der Waals surface area (Å²) in [7, 11) is 0. The first kappa shape index (κ1) is 9.34. The van der Waals surface area contributed by atoms with E-state index in [0.29, 0.717) is 12.2 Å². The minimum atomic E-state index is -0.679. The van der Waals surface area contributed by atoms with Gasteiger partial charge in [0.25, 0.3) is 0 Å². The molecule has 0 bridgehead atoms. The van der Waals surface area contributed by atoms with Gasteiger partial charge in [0.2, 0.25) is 5.43 Å². The van der Waals surface area contributed by atoms with E-state index in [2.05, 4.69) is 0 Å². The number of hydrogen-bond donors (Lipinski definition) is 0. The van der Waals surface area contributed by atoms with Gasteiger partial charge in [-0.05, 0) is 18.9 Å². The van der Waals surface area contributed by atoms with E-state index in [4.69, 9.17) is 4.74 Å². The van der Waals surface area contributed by atoms with Gasteiger partial charge >= 0.3 is 0 Å². The maximum absolute atomic E-state index is 13.5. The Morgan fingerprint density at radius 2 is 2.14 bits per heavy atom. The molecule has 1 aromatic carbocycles. The maximum atomic E-state index is 13.5. The summed E-state index contributed by atoms with van der Waals surface area (Å²) in [6.45, 7) is 0.650. The Bertz CT molecular complexity index is 383. The molecule has 0 N–H and O–H groups in total. The summed E-state index contributed by atoms with van der Waals surface area (Å²) in [4.78, 5) is 11.2. The van der Waals surface area contributed by atoms with Gasteiger partial charge in [-0.25, -0.2) is 4.39 Å². The summed E-state index contributed by atoms with van der Waals surface area (Å²) in [5.41, 5.74) is -0.182. The first-order valence-corrected chi connectivity index (χ1v) is 4.69. The predicted octanol–water partition coefficient (Wildman–Crippen LogP) is 2.04. The minimum Gasteiger partial charge on any atom is -0.373 e. The summed E-state index contributed by atoms with van der Waals surface area (Å²) < 4.78 is 18.8. The first-order valence-electron chi connectivity index (χ1n) is 4.69. The van der Waals surface area contributed by atoms with Crippen molar-refractivity contribution >= 4 is 0 Å². The smallest absolute Gasteiger partial charge is 0.214 e. The maximum Gasteiger partial charge on any atom is 0.214 e. The molecule has 0 aliphatic carbocycles. The zero-order valence-corrected chi connectivity index (χ0v) is 7.70. The third kappa shape index (κ3) is 1.68. The molecule has 1 saturated heterocycles. The van der Waals surface area contributed by atoms with Crippen molar-refractivity contribution in [3.8, 4) is 0 Å². The number of halogens is 1. The van der Waals surface area contributed by atoms with Crippen LogP contribution in [0.25, 0.3) is 0 Å². The number of rotatable bonds is 1. The molecule has 0 saturated carbocycles. The Labute approximate surface area is 81.3 Å². The van der Waals surface area contributed by atoms with Crippen molar-refractivity contribution in [3.63, 3.8) is 0 Å². The molecule has 1 atom stereocenters. The third-order valence-corrected chi connectivity index (χ3v) is 2.38. The van der Waals surface area contributed by atoms with Crippen molar-refractivity contribution in [2.45, 2.75) is 18.9 Å². The summed E-state index contributed by atoms with van der Waals surface area (Å²) in [5, 5.41) is 0. The fraction of sp³-hybridized carbons (Fsp3) is 0.364. The SMILES string of the molecule is O=c1ccccc(C2CCCO2)c1F. The Morgan fingerprint density at radius 1 is 1.36 bits per heavy atom. The van der Waals surface area contributed by atoms with Crippen LogP contribution in [0, 0.1) is 5.82 Å². The Morgan fingerprint density at radius 3 is 2.86 bits per heavy atom. The van der Waals surface area contributed by atoms with Crippen molar-refractivity contribution in [3.05, 3.63) is 45.9 Å². The second kappa shape index (κ2) is 3.88. The molecular formula is C11H11FO2. The molecule has 0 radical (unpaired) electrons. The Balaban J connectivity index is 2.47. The van der Waals surface area contributed by atoms with E-state index in [9.17, 15) is 9.18 Å². The monoisotopic (exact) mass is 194 g/mol. The van der Waals surface area contributed by atoms with Crippen LogP contribution < -0.4 is 5.43 Å². The fourth-order valence-corrected chi connectivity index (χ4v) is 1.66. The van der Waals surface area contributed by atoms with Crippen molar-refractivity contribution in [2.24, 2.45) is 0 Å². The van der Waals surface area contributed by atoms with Gasteiger partial charge in [0, 0.05) is 12.2 Å². The molecule has 74 valence electrons. The molecule has 2 rings (SSSR count). The van der Waals surface area contributed by atoms with Gasteiger partial charge in [-0.2, -0.15) is 0 Å². The minimum absolute atomic E-state index is 0.241. The number of hydrogen-bond acceptors (Lipinski definition) is 2. The van der Waals surface area contributed by atoms with Crippen LogP contribution in [0.2, 0.25) is 0 Å². The van der Waals surface area contributed by atoms with Gasteiger partial charge in [-0.15, -0.1) is 0 Å². The standard InChI is InChI=1S/C11H11FO2/c12-11-8(10-6-3-7-14-10)4-1-2-5-9(11)13/h1-2,4-5,10H,3,6-7H2. The molecule has 1 aliphatic rings. The van der Waals surface area contributed by atoms with Crippen LogP contribution in [0.3, 0.4) is 0 Å². The van der Waals surface area contributed by atoms with Gasteiger partial charge in [-0.3, -0.25) is 4.79 Å².